The fourth-order valence-corrected chi connectivity index (χ4v) is 3.33. The van der Waals surface area contributed by atoms with Gasteiger partial charge in [0, 0.05) is 13.1 Å². The Kier molecular flexibility index (Phi) is 6.45. The van der Waals surface area contributed by atoms with E-state index in [1.165, 1.54) is 11.1 Å². The van der Waals surface area contributed by atoms with Crippen molar-refractivity contribution in [2.75, 3.05) is 20.3 Å². The fraction of sp³-hybridized carbons (Fsp3) is 0.429. The maximum absolute atomic E-state index is 10.2. The molecule has 4 heteroatoms. The molecule has 1 aliphatic rings. The highest BCUT2D eigenvalue weighted by molar-refractivity contribution is 5.31. The zero-order chi connectivity index (χ0) is 17.5. The lowest BCUT2D eigenvalue weighted by Crippen LogP contribution is -2.31. The monoisotopic (exact) mass is 341 g/mol. The molecule has 0 bridgehead atoms. The number of nitrogens with one attached hydrogen (secondary N) is 1. The molecule has 0 saturated carbocycles. The summed E-state index contributed by atoms with van der Waals surface area (Å²) in [7, 11) is 1.66. The Morgan fingerprint density at radius 1 is 1.20 bits per heavy atom. The van der Waals surface area contributed by atoms with Gasteiger partial charge in [-0.1, -0.05) is 36.4 Å². The summed E-state index contributed by atoms with van der Waals surface area (Å²) in [6.07, 6.45) is 2.89. The summed E-state index contributed by atoms with van der Waals surface area (Å²) >= 11 is 0. The number of aliphatic hydroxyl groups excluding tert-OH is 1. The van der Waals surface area contributed by atoms with Gasteiger partial charge in [0.2, 0.25) is 0 Å². The molecule has 0 amide bonds. The van der Waals surface area contributed by atoms with E-state index in [2.05, 4.69) is 29.6 Å². The molecular weight excluding hydrogens is 314 g/mol. The van der Waals surface area contributed by atoms with Crippen LogP contribution in [0.25, 0.3) is 0 Å². The van der Waals surface area contributed by atoms with Crippen molar-refractivity contribution in [2.24, 2.45) is 0 Å². The Labute approximate surface area is 149 Å². The number of aryl methyl sites for hydroxylation is 1. The molecule has 3 rings (SSSR count). The number of ether oxygens (including phenoxy) is 2. The number of benzene rings is 2. The van der Waals surface area contributed by atoms with E-state index in [0.29, 0.717) is 19.7 Å². The van der Waals surface area contributed by atoms with Gasteiger partial charge in [-0.2, -0.15) is 0 Å². The van der Waals surface area contributed by atoms with Crippen LogP contribution in [0.15, 0.2) is 48.5 Å². The Bertz CT molecular complexity index is 674. The molecule has 0 fully saturated rings. The van der Waals surface area contributed by atoms with Crippen LogP contribution in [0.5, 0.6) is 5.75 Å². The predicted octanol–water partition coefficient (Wildman–Crippen LogP) is 3.24. The van der Waals surface area contributed by atoms with Crippen molar-refractivity contribution in [3.8, 4) is 5.75 Å². The second-order valence-electron chi connectivity index (χ2n) is 6.55. The number of fused-ring (bicyclic) bond motifs is 1. The minimum Gasteiger partial charge on any atom is -0.497 e. The third-order valence-electron chi connectivity index (χ3n) is 4.65. The number of hydrogen-bond donors (Lipinski definition) is 2. The van der Waals surface area contributed by atoms with E-state index >= 15 is 0 Å². The first-order chi connectivity index (χ1) is 12.3. The molecule has 1 aliphatic carbocycles. The predicted molar refractivity (Wildman–Crippen MR) is 98.8 cm³/mol. The van der Waals surface area contributed by atoms with Crippen LogP contribution in [0, 0.1) is 0 Å². The molecule has 134 valence electrons. The van der Waals surface area contributed by atoms with Crippen LogP contribution in [0.1, 0.15) is 35.6 Å². The zero-order valence-corrected chi connectivity index (χ0v) is 14.8. The van der Waals surface area contributed by atoms with E-state index in [9.17, 15) is 5.11 Å². The topological polar surface area (TPSA) is 50.7 Å². The van der Waals surface area contributed by atoms with Crippen LogP contribution in [0.3, 0.4) is 0 Å². The summed E-state index contributed by atoms with van der Waals surface area (Å²) in [6, 6.07) is 16.4. The smallest absolute Gasteiger partial charge is 0.119 e. The van der Waals surface area contributed by atoms with Gasteiger partial charge in [-0.3, -0.25) is 0 Å². The second kappa shape index (κ2) is 8.99. The van der Waals surface area contributed by atoms with Crippen molar-refractivity contribution >= 4 is 0 Å². The maximum Gasteiger partial charge on any atom is 0.119 e. The maximum atomic E-state index is 10.2. The Balaban J connectivity index is 1.42. The molecule has 0 spiro atoms. The lowest BCUT2D eigenvalue weighted by Gasteiger charge is -2.26. The molecular formula is C21H27NO3. The van der Waals surface area contributed by atoms with Gasteiger partial charge in [-0.05, 0) is 48.1 Å². The first-order valence-electron chi connectivity index (χ1n) is 8.97. The molecule has 25 heavy (non-hydrogen) atoms. The summed E-state index contributed by atoms with van der Waals surface area (Å²) in [5.74, 6) is 0.846. The van der Waals surface area contributed by atoms with Crippen molar-refractivity contribution in [1.82, 2.24) is 5.32 Å². The minimum atomic E-state index is -0.514. The standard InChI is InChI=1S/C21H27NO3/c1-24-19-9-4-6-16(12-19)13-22-14-18(23)15-25-21-11-5-8-17-7-2-3-10-20(17)21/h2-4,6-7,9-10,12,18,21-23H,5,8,11,13-15H2,1H3/t18-,21+/m0/s1. The first kappa shape index (κ1) is 17.9. The molecule has 0 aliphatic heterocycles. The molecule has 0 unspecified atom stereocenters. The summed E-state index contributed by atoms with van der Waals surface area (Å²) in [5, 5.41) is 13.5. The molecule has 2 aromatic carbocycles. The summed E-state index contributed by atoms with van der Waals surface area (Å²) < 4.78 is 11.2. The van der Waals surface area contributed by atoms with Gasteiger partial charge in [-0.15, -0.1) is 0 Å². The first-order valence-corrected chi connectivity index (χ1v) is 8.97. The van der Waals surface area contributed by atoms with E-state index in [1.54, 1.807) is 7.11 Å². The lowest BCUT2D eigenvalue weighted by molar-refractivity contribution is -0.0167. The minimum absolute atomic E-state index is 0.109. The highest BCUT2D eigenvalue weighted by atomic mass is 16.5. The van der Waals surface area contributed by atoms with Crippen LogP contribution in [0.2, 0.25) is 0 Å². The molecule has 0 radical (unpaired) electrons. The highest BCUT2D eigenvalue weighted by Gasteiger charge is 2.21. The molecule has 0 heterocycles. The van der Waals surface area contributed by atoms with Crippen LogP contribution in [0.4, 0.5) is 0 Å². The highest BCUT2D eigenvalue weighted by Crippen LogP contribution is 2.32. The molecule has 2 atom stereocenters. The fourth-order valence-electron chi connectivity index (χ4n) is 3.33. The van der Waals surface area contributed by atoms with Crippen molar-refractivity contribution in [1.29, 1.82) is 0 Å². The van der Waals surface area contributed by atoms with E-state index < -0.39 is 6.10 Å². The van der Waals surface area contributed by atoms with Crippen LogP contribution >= 0.6 is 0 Å². The summed E-state index contributed by atoms with van der Waals surface area (Å²) in [6.45, 7) is 1.55. The van der Waals surface area contributed by atoms with Crippen molar-refractivity contribution in [3.05, 3.63) is 65.2 Å². The van der Waals surface area contributed by atoms with E-state index in [1.807, 2.05) is 24.3 Å². The number of rotatable bonds is 8. The van der Waals surface area contributed by atoms with Gasteiger partial charge < -0.3 is 19.9 Å². The van der Waals surface area contributed by atoms with E-state index in [-0.39, 0.29) is 6.10 Å². The van der Waals surface area contributed by atoms with E-state index in [0.717, 1.165) is 30.6 Å². The number of aliphatic hydroxyl groups is 1. The summed E-state index contributed by atoms with van der Waals surface area (Å²) in [4.78, 5) is 0. The normalized spacial score (nSPS) is 17.8. The van der Waals surface area contributed by atoms with Gasteiger partial charge in [0.15, 0.2) is 0 Å². The number of methoxy groups -OCH3 is 1. The Morgan fingerprint density at radius 3 is 2.96 bits per heavy atom. The average Bonchev–Trinajstić information content (AvgIpc) is 2.66. The third-order valence-corrected chi connectivity index (χ3v) is 4.65. The average molecular weight is 341 g/mol. The van der Waals surface area contributed by atoms with Crippen LogP contribution in [-0.4, -0.2) is 31.5 Å². The number of hydrogen-bond acceptors (Lipinski definition) is 4. The Morgan fingerprint density at radius 2 is 2.08 bits per heavy atom. The molecule has 2 N–H and O–H groups in total. The van der Waals surface area contributed by atoms with Crippen LogP contribution in [-0.2, 0) is 17.7 Å². The van der Waals surface area contributed by atoms with Crippen molar-refractivity contribution in [3.63, 3.8) is 0 Å². The van der Waals surface area contributed by atoms with Crippen molar-refractivity contribution in [2.45, 2.75) is 38.0 Å². The SMILES string of the molecule is COc1cccc(CNC[C@H](O)CO[C@@H]2CCCc3ccccc32)c1. The molecule has 4 nitrogen and oxygen atoms in total. The second-order valence-corrected chi connectivity index (χ2v) is 6.55. The van der Waals surface area contributed by atoms with Gasteiger partial charge >= 0.3 is 0 Å². The molecule has 0 aromatic heterocycles. The summed E-state index contributed by atoms with van der Waals surface area (Å²) in [5.41, 5.74) is 3.79. The van der Waals surface area contributed by atoms with Gasteiger partial charge in [0.05, 0.1) is 25.9 Å². The third kappa shape index (κ3) is 5.05. The lowest BCUT2D eigenvalue weighted by atomic mass is 9.89. The largest absolute Gasteiger partial charge is 0.497 e. The van der Waals surface area contributed by atoms with Gasteiger partial charge in [0.1, 0.15) is 5.75 Å². The Hall–Kier alpha value is -1.88. The molecule has 0 saturated heterocycles. The van der Waals surface area contributed by atoms with E-state index in [4.69, 9.17) is 9.47 Å². The van der Waals surface area contributed by atoms with Gasteiger partial charge in [-0.25, -0.2) is 0 Å². The van der Waals surface area contributed by atoms with Crippen LogP contribution < -0.4 is 10.1 Å². The molecule has 2 aromatic rings. The quantitative estimate of drug-likeness (QED) is 0.774. The van der Waals surface area contributed by atoms with Crippen molar-refractivity contribution < 1.29 is 14.6 Å². The van der Waals surface area contributed by atoms with Gasteiger partial charge in [0.25, 0.3) is 0 Å². The zero-order valence-electron chi connectivity index (χ0n) is 14.8.